The monoisotopic (exact) mass is 420 g/mol. The van der Waals surface area contributed by atoms with E-state index in [2.05, 4.69) is 19.1 Å². The molecule has 1 N–H and O–H groups in total. The van der Waals surface area contributed by atoms with Crippen LogP contribution in [0.15, 0.2) is 36.4 Å². The fourth-order valence-electron chi connectivity index (χ4n) is 4.17. The van der Waals surface area contributed by atoms with Crippen LogP contribution in [0.2, 0.25) is 0 Å². The summed E-state index contributed by atoms with van der Waals surface area (Å²) < 4.78 is 56.2. The van der Waals surface area contributed by atoms with Crippen LogP contribution >= 0.6 is 0 Å². The van der Waals surface area contributed by atoms with E-state index in [9.17, 15) is 23.1 Å². The number of carboxylic acid groups (broad SMARTS) is 1. The fourth-order valence-corrected chi connectivity index (χ4v) is 4.17. The number of carboxylic acids is 1. The Hall–Kier alpha value is -2.63. The minimum atomic E-state index is -1.64. The normalized spacial score (nSPS) is 19.4. The molecule has 2 aromatic carbocycles. The van der Waals surface area contributed by atoms with E-state index in [1.807, 2.05) is 0 Å². The quantitative estimate of drug-likeness (QED) is 0.304. The first-order chi connectivity index (χ1) is 14.3. The first-order valence-electron chi connectivity index (χ1n) is 10.2. The minimum absolute atomic E-state index is 0.0793. The van der Waals surface area contributed by atoms with Gasteiger partial charge in [0.05, 0.1) is 5.56 Å². The Bertz CT molecular complexity index is 937. The second-order valence-corrected chi connectivity index (χ2v) is 7.78. The van der Waals surface area contributed by atoms with Gasteiger partial charge in [0.2, 0.25) is 0 Å². The van der Waals surface area contributed by atoms with Crippen molar-refractivity contribution >= 4 is 5.97 Å². The molecule has 30 heavy (non-hydrogen) atoms. The Labute approximate surface area is 173 Å². The third-order valence-electron chi connectivity index (χ3n) is 5.75. The lowest BCUT2D eigenvalue weighted by atomic mass is 9.76. The van der Waals surface area contributed by atoms with Crippen molar-refractivity contribution < 1.29 is 27.5 Å². The van der Waals surface area contributed by atoms with Crippen LogP contribution in [0.5, 0.6) is 0 Å². The lowest BCUT2D eigenvalue weighted by Crippen LogP contribution is -2.14. The van der Waals surface area contributed by atoms with Crippen LogP contribution in [0.4, 0.5) is 17.6 Å². The van der Waals surface area contributed by atoms with E-state index in [4.69, 9.17) is 0 Å². The third-order valence-corrected chi connectivity index (χ3v) is 5.75. The van der Waals surface area contributed by atoms with Crippen molar-refractivity contribution in [3.8, 4) is 11.1 Å². The first kappa shape index (κ1) is 22.1. The van der Waals surface area contributed by atoms with E-state index in [0.29, 0.717) is 23.6 Å². The van der Waals surface area contributed by atoms with E-state index in [-0.39, 0.29) is 17.0 Å². The molecule has 0 saturated heterocycles. The topological polar surface area (TPSA) is 37.3 Å². The van der Waals surface area contributed by atoms with Crippen LogP contribution in [0.1, 0.15) is 67.3 Å². The van der Waals surface area contributed by atoms with Crippen molar-refractivity contribution in [3.05, 3.63) is 70.8 Å². The maximum absolute atomic E-state index is 15.1. The molecule has 2 aromatic rings. The molecule has 0 aliphatic heterocycles. The largest absolute Gasteiger partial charge is 0.478 e. The molecule has 0 atom stereocenters. The van der Waals surface area contributed by atoms with Gasteiger partial charge in [-0.05, 0) is 73.3 Å². The second-order valence-electron chi connectivity index (χ2n) is 7.78. The smallest absolute Gasteiger partial charge is 0.338 e. The summed E-state index contributed by atoms with van der Waals surface area (Å²) in [6.45, 7) is 2.11. The number of rotatable bonds is 6. The van der Waals surface area contributed by atoms with Crippen LogP contribution in [0.3, 0.4) is 0 Å². The van der Waals surface area contributed by atoms with Crippen molar-refractivity contribution in [3.63, 3.8) is 0 Å². The molecule has 1 aliphatic rings. The molecule has 0 heterocycles. The van der Waals surface area contributed by atoms with Gasteiger partial charge < -0.3 is 5.11 Å². The molecule has 1 fully saturated rings. The Morgan fingerprint density at radius 3 is 2.23 bits per heavy atom. The maximum atomic E-state index is 15.1. The van der Waals surface area contributed by atoms with Crippen LogP contribution < -0.4 is 0 Å². The van der Waals surface area contributed by atoms with Crippen molar-refractivity contribution in [1.82, 2.24) is 0 Å². The van der Waals surface area contributed by atoms with Gasteiger partial charge in [-0.2, -0.15) is 0 Å². The van der Waals surface area contributed by atoms with E-state index in [1.54, 1.807) is 0 Å². The van der Waals surface area contributed by atoms with E-state index in [1.165, 1.54) is 12.1 Å². The average molecular weight is 420 g/mol. The highest BCUT2D eigenvalue weighted by Gasteiger charge is 2.28. The fraction of sp³-hybridized carbons (Fsp3) is 0.375. The molecule has 6 heteroatoms. The summed E-state index contributed by atoms with van der Waals surface area (Å²) in [5.41, 5.74) is -0.460. The highest BCUT2D eigenvalue weighted by atomic mass is 19.2. The number of halogens is 4. The second kappa shape index (κ2) is 9.45. The first-order valence-corrected chi connectivity index (χ1v) is 10.2. The maximum Gasteiger partial charge on any atom is 0.338 e. The van der Waals surface area contributed by atoms with Crippen molar-refractivity contribution in [1.29, 1.82) is 0 Å². The summed E-state index contributed by atoms with van der Waals surface area (Å²) >= 11 is 0. The molecule has 1 aliphatic carbocycles. The Morgan fingerprint density at radius 2 is 1.67 bits per heavy atom. The molecule has 0 amide bonds. The average Bonchev–Trinajstić information content (AvgIpc) is 2.72. The standard InChI is InChI=1S/C24H24F4O2/c1-2-3-4-5-14-6-8-15(9-7-14)17-10-11-18(24(29)30)22(27)21(17)16-12-19(25)23(28)20(26)13-16/h4-5,10-15H,2-3,6-9H2,1H3,(H,29,30)/b5-4+. The van der Waals surface area contributed by atoms with Gasteiger partial charge in [0.15, 0.2) is 17.5 Å². The van der Waals surface area contributed by atoms with Crippen molar-refractivity contribution in [2.45, 2.75) is 51.4 Å². The number of hydrogen-bond acceptors (Lipinski definition) is 1. The van der Waals surface area contributed by atoms with Gasteiger partial charge in [-0.15, -0.1) is 0 Å². The molecule has 1 saturated carbocycles. The van der Waals surface area contributed by atoms with Crippen molar-refractivity contribution in [2.24, 2.45) is 5.92 Å². The Morgan fingerprint density at radius 1 is 1.03 bits per heavy atom. The highest BCUT2D eigenvalue weighted by Crippen LogP contribution is 2.42. The molecule has 0 aromatic heterocycles. The summed E-state index contributed by atoms with van der Waals surface area (Å²) in [6.07, 6.45) is 9.74. The van der Waals surface area contributed by atoms with Gasteiger partial charge >= 0.3 is 5.97 Å². The lowest BCUT2D eigenvalue weighted by molar-refractivity contribution is 0.0692. The van der Waals surface area contributed by atoms with E-state index >= 15 is 4.39 Å². The van der Waals surface area contributed by atoms with Crippen LogP contribution in [-0.2, 0) is 0 Å². The van der Waals surface area contributed by atoms with Crippen LogP contribution in [-0.4, -0.2) is 11.1 Å². The predicted molar refractivity (Wildman–Crippen MR) is 107 cm³/mol. The number of allylic oxidation sites excluding steroid dienone is 2. The summed E-state index contributed by atoms with van der Waals surface area (Å²) in [7, 11) is 0. The third kappa shape index (κ3) is 4.58. The Kier molecular flexibility index (Phi) is 6.95. The highest BCUT2D eigenvalue weighted by molar-refractivity contribution is 5.90. The van der Waals surface area contributed by atoms with Gasteiger partial charge in [-0.3, -0.25) is 0 Å². The van der Waals surface area contributed by atoms with Gasteiger partial charge in [0.1, 0.15) is 5.82 Å². The van der Waals surface area contributed by atoms with Gasteiger partial charge in [-0.25, -0.2) is 22.4 Å². The van der Waals surface area contributed by atoms with E-state index < -0.39 is 34.8 Å². The molecule has 0 spiro atoms. The zero-order valence-electron chi connectivity index (χ0n) is 16.7. The number of benzene rings is 2. The number of carbonyl (C=O) groups is 1. The molecule has 0 radical (unpaired) electrons. The molecule has 2 nitrogen and oxygen atoms in total. The molecule has 3 rings (SSSR count). The van der Waals surface area contributed by atoms with Crippen molar-refractivity contribution in [2.75, 3.05) is 0 Å². The van der Waals surface area contributed by atoms with Gasteiger partial charge in [0, 0.05) is 5.56 Å². The van der Waals surface area contributed by atoms with E-state index in [0.717, 1.165) is 38.5 Å². The van der Waals surface area contributed by atoms with Crippen LogP contribution in [0, 0.1) is 29.2 Å². The summed E-state index contributed by atoms with van der Waals surface area (Å²) in [5, 5.41) is 9.27. The zero-order chi connectivity index (χ0) is 21.8. The van der Waals surface area contributed by atoms with Gasteiger partial charge in [0.25, 0.3) is 0 Å². The number of unbranched alkanes of at least 4 members (excludes halogenated alkanes) is 1. The summed E-state index contributed by atoms with van der Waals surface area (Å²) in [6, 6.07) is 4.12. The minimum Gasteiger partial charge on any atom is -0.478 e. The summed E-state index contributed by atoms with van der Waals surface area (Å²) in [4.78, 5) is 11.4. The molecular weight excluding hydrogens is 396 g/mol. The summed E-state index contributed by atoms with van der Waals surface area (Å²) in [5.74, 6) is -6.72. The molecular formula is C24H24F4O2. The predicted octanol–water partition coefficient (Wildman–Crippen LogP) is 7.24. The molecule has 0 bridgehead atoms. The zero-order valence-corrected chi connectivity index (χ0v) is 16.7. The molecule has 0 unspecified atom stereocenters. The number of aromatic carboxylic acids is 1. The molecule has 160 valence electrons. The van der Waals surface area contributed by atoms with Crippen LogP contribution in [0.25, 0.3) is 11.1 Å². The lowest BCUT2D eigenvalue weighted by Gasteiger charge is -2.29. The Balaban J connectivity index is 2.00. The number of hydrogen-bond donors (Lipinski definition) is 1. The SMILES string of the molecule is CCC/C=C/C1CCC(c2ccc(C(=O)O)c(F)c2-c2cc(F)c(F)c(F)c2)CC1. The van der Waals surface area contributed by atoms with Gasteiger partial charge in [-0.1, -0.05) is 31.6 Å².